The molecule has 0 saturated carbocycles. The molecule has 0 N–H and O–H groups in total. The number of benzene rings is 1. The number of esters is 1. The molecule has 0 fully saturated rings. The van der Waals surface area contributed by atoms with Gasteiger partial charge in [-0.15, -0.1) is 0 Å². The van der Waals surface area contributed by atoms with E-state index in [0.29, 0.717) is 6.61 Å². The van der Waals surface area contributed by atoms with Crippen molar-refractivity contribution >= 4 is 12.0 Å². The van der Waals surface area contributed by atoms with Crippen LogP contribution in [0.3, 0.4) is 0 Å². The highest BCUT2D eigenvalue weighted by Gasteiger charge is 2.07. The summed E-state index contributed by atoms with van der Waals surface area (Å²) in [5.41, 5.74) is 3.90. The third-order valence-electron chi connectivity index (χ3n) is 3.63. The van der Waals surface area contributed by atoms with Crippen LogP contribution in [-0.4, -0.2) is 29.0 Å². The molecule has 0 aliphatic rings. The van der Waals surface area contributed by atoms with Gasteiger partial charge in [-0.25, -0.2) is 4.79 Å². The minimum absolute atomic E-state index is 0.211. The molecule has 0 aliphatic heterocycles. The summed E-state index contributed by atoms with van der Waals surface area (Å²) < 4.78 is 12.5. The lowest BCUT2D eigenvalue weighted by Crippen LogP contribution is -2.10. The quantitative estimate of drug-likeness (QED) is 0.467. The van der Waals surface area contributed by atoms with E-state index in [0.717, 1.165) is 28.3 Å². The van der Waals surface area contributed by atoms with Crippen LogP contribution in [0.2, 0.25) is 0 Å². The third kappa shape index (κ3) is 4.45. The molecule has 5 nitrogen and oxygen atoms in total. The van der Waals surface area contributed by atoms with Gasteiger partial charge in [-0.2, -0.15) is 5.10 Å². The molecule has 0 spiro atoms. The smallest absolute Gasteiger partial charge is 0.330 e. The van der Waals surface area contributed by atoms with Gasteiger partial charge in [-0.1, -0.05) is 18.2 Å². The van der Waals surface area contributed by atoms with Gasteiger partial charge in [-0.3, -0.25) is 4.68 Å². The summed E-state index contributed by atoms with van der Waals surface area (Å²) in [6.07, 6.45) is 3.16. The summed E-state index contributed by atoms with van der Waals surface area (Å²) in [6.45, 7) is 6.38. The van der Waals surface area contributed by atoms with Crippen molar-refractivity contribution < 1.29 is 14.3 Å². The van der Waals surface area contributed by atoms with Crippen molar-refractivity contribution in [2.24, 2.45) is 7.05 Å². The highest BCUT2D eigenvalue weighted by atomic mass is 16.6. The summed E-state index contributed by atoms with van der Waals surface area (Å²) >= 11 is 0. The maximum Gasteiger partial charge on any atom is 0.330 e. The SMILES string of the molecule is Cc1ccccc1OCCOC(=O)/C=C/c1c(C)nn(C)c1C. The van der Waals surface area contributed by atoms with Crippen molar-refractivity contribution in [2.45, 2.75) is 20.8 Å². The number of aryl methyl sites for hydroxylation is 3. The molecule has 2 aromatic rings. The Hall–Kier alpha value is -2.56. The molecule has 1 aromatic heterocycles. The van der Waals surface area contributed by atoms with Crippen LogP contribution < -0.4 is 4.74 Å². The first-order valence-corrected chi connectivity index (χ1v) is 7.52. The Bertz CT molecular complexity index is 717. The predicted molar refractivity (Wildman–Crippen MR) is 89.3 cm³/mol. The van der Waals surface area contributed by atoms with Gasteiger partial charge in [-0.05, 0) is 38.5 Å². The van der Waals surface area contributed by atoms with Crippen LogP contribution in [0.5, 0.6) is 5.75 Å². The predicted octanol–water partition coefficient (Wildman–Crippen LogP) is 2.98. The molecule has 0 atom stereocenters. The number of carbonyl (C=O) groups is 1. The Kier molecular flexibility index (Phi) is 5.57. The molecule has 0 aliphatic carbocycles. The number of para-hydroxylation sites is 1. The second kappa shape index (κ2) is 7.63. The Morgan fingerprint density at radius 1 is 1.22 bits per heavy atom. The van der Waals surface area contributed by atoms with Gasteiger partial charge in [0, 0.05) is 24.4 Å². The Labute approximate surface area is 136 Å². The molecule has 2 rings (SSSR count). The average molecular weight is 314 g/mol. The molecule has 0 bridgehead atoms. The van der Waals surface area contributed by atoms with Gasteiger partial charge < -0.3 is 9.47 Å². The fourth-order valence-electron chi connectivity index (χ4n) is 2.24. The molecule has 122 valence electrons. The zero-order valence-corrected chi connectivity index (χ0v) is 14.0. The molecule has 0 radical (unpaired) electrons. The first kappa shape index (κ1) is 16.8. The highest BCUT2D eigenvalue weighted by molar-refractivity contribution is 5.87. The second-order valence-corrected chi connectivity index (χ2v) is 5.32. The van der Waals surface area contributed by atoms with Crippen molar-refractivity contribution in [3.05, 3.63) is 52.9 Å². The molecule has 1 heterocycles. The molecular weight excluding hydrogens is 292 g/mol. The number of nitrogens with zero attached hydrogens (tertiary/aromatic N) is 2. The third-order valence-corrected chi connectivity index (χ3v) is 3.63. The summed E-state index contributed by atoms with van der Waals surface area (Å²) in [7, 11) is 1.88. The van der Waals surface area contributed by atoms with E-state index in [2.05, 4.69) is 5.10 Å². The summed E-state index contributed by atoms with van der Waals surface area (Å²) in [5.74, 6) is 0.418. The van der Waals surface area contributed by atoms with E-state index in [1.165, 1.54) is 6.08 Å². The molecular formula is C18H22N2O3. The van der Waals surface area contributed by atoms with E-state index in [4.69, 9.17) is 9.47 Å². The van der Waals surface area contributed by atoms with Crippen molar-refractivity contribution in [2.75, 3.05) is 13.2 Å². The zero-order chi connectivity index (χ0) is 16.8. The Morgan fingerprint density at radius 3 is 2.61 bits per heavy atom. The summed E-state index contributed by atoms with van der Waals surface area (Å²) in [5, 5.41) is 4.30. The van der Waals surface area contributed by atoms with Gasteiger partial charge in [0.15, 0.2) is 0 Å². The first-order chi connectivity index (χ1) is 11.0. The van der Waals surface area contributed by atoms with Gasteiger partial charge in [0.2, 0.25) is 0 Å². The standard InChI is InChI=1S/C18H22N2O3/c1-13-7-5-6-8-17(13)22-11-12-23-18(21)10-9-16-14(2)19-20(4)15(16)3/h5-10H,11-12H2,1-4H3/b10-9+. The van der Waals surface area contributed by atoms with Crippen LogP contribution in [-0.2, 0) is 16.6 Å². The van der Waals surface area contributed by atoms with Crippen LogP contribution in [0.4, 0.5) is 0 Å². The Balaban J connectivity index is 1.79. The Morgan fingerprint density at radius 2 is 1.96 bits per heavy atom. The minimum atomic E-state index is -0.388. The number of ether oxygens (including phenoxy) is 2. The van der Waals surface area contributed by atoms with E-state index < -0.39 is 0 Å². The fourth-order valence-corrected chi connectivity index (χ4v) is 2.24. The topological polar surface area (TPSA) is 53.4 Å². The van der Waals surface area contributed by atoms with Gasteiger partial charge >= 0.3 is 5.97 Å². The fraction of sp³-hybridized carbons (Fsp3) is 0.333. The molecule has 0 amide bonds. The minimum Gasteiger partial charge on any atom is -0.490 e. The number of hydrogen-bond donors (Lipinski definition) is 0. The molecule has 0 saturated heterocycles. The number of carbonyl (C=O) groups excluding carboxylic acids is 1. The number of rotatable bonds is 6. The lowest BCUT2D eigenvalue weighted by atomic mass is 10.2. The average Bonchev–Trinajstić information content (AvgIpc) is 2.76. The summed E-state index contributed by atoms with van der Waals surface area (Å²) in [4.78, 5) is 11.7. The van der Waals surface area contributed by atoms with Crippen LogP contribution in [0, 0.1) is 20.8 Å². The first-order valence-electron chi connectivity index (χ1n) is 7.52. The van der Waals surface area contributed by atoms with Crippen molar-refractivity contribution in [1.82, 2.24) is 9.78 Å². The van der Waals surface area contributed by atoms with Gasteiger partial charge in [0.1, 0.15) is 19.0 Å². The van der Waals surface area contributed by atoms with Crippen LogP contribution in [0.25, 0.3) is 6.08 Å². The molecule has 1 aromatic carbocycles. The van der Waals surface area contributed by atoms with Crippen molar-refractivity contribution in [1.29, 1.82) is 0 Å². The maximum atomic E-state index is 11.7. The van der Waals surface area contributed by atoms with E-state index >= 15 is 0 Å². The van der Waals surface area contributed by atoms with Crippen molar-refractivity contribution in [3.63, 3.8) is 0 Å². The molecule has 5 heteroatoms. The van der Waals surface area contributed by atoms with E-state index in [9.17, 15) is 4.79 Å². The number of hydrogen-bond acceptors (Lipinski definition) is 4. The van der Waals surface area contributed by atoms with Gasteiger partial charge in [0.25, 0.3) is 0 Å². The van der Waals surface area contributed by atoms with E-state index in [1.54, 1.807) is 10.8 Å². The number of aromatic nitrogens is 2. The van der Waals surface area contributed by atoms with E-state index in [-0.39, 0.29) is 12.6 Å². The maximum absolute atomic E-state index is 11.7. The van der Waals surface area contributed by atoms with Crippen LogP contribution in [0.1, 0.15) is 22.5 Å². The zero-order valence-electron chi connectivity index (χ0n) is 14.0. The highest BCUT2D eigenvalue weighted by Crippen LogP contribution is 2.16. The van der Waals surface area contributed by atoms with Gasteiger partial charge in [0.05, 0.1) is 5.69 Å². The van der Waals surface area contributed by atoms with Crippen molar-refractivity contribution in [3.8, 4) is 5.75 Å². The largest absolute Gasteiger partial charge is 0.490 e. The second-order valence-electron chi connectivity index (χ2n) is 5.32. The summed E-state index contributed by atoms with van der Waals surface area (Å²) in [6, 6.07) is 7.73. The van der Waals surface area contributed by atoms with Crippen LogP contribution in [0.15, 0.2) is 30.3 Å². The lowest BCUT2D eigenvalue weighted by molar-refractivity contribution is -0.138. The molecule has 0 unspecified atom stereocenters. The normalized spacial score (nSPS) is 11.0. The lowest BCUT2D eigenvalue weighted by Gasteiger charge is -2.08. The monoisotopic (exact) mass is 314 g/mol. The molecule has 23 heavy (non-hydrogen) atoms. The van der Waals surface area contributed by atoms with E-state index in [1.807, 2.05) is 52.1 Å². The van der Waals surface area contributed by atoms with Crippen LogP contribution >= 0.6 is 0 Å².